The highest BCUT2D eigenvalue weighted by Crippen LogP contribution is 2.37. The lowest BCUT2D eigenvalue weighted by Crippen LogP contribution is -2.16. The van der Waals surface area contributed by atoms with E-state index in [1.54, 1.807) is 0 Å². The number of ketones is 1. The Kier molecular flexibility index (Phi) is 2.03. The maximum atomic E-state index is 12.3. The van der Waals surface area contributed by atoms with Gasteiger partial charge in [0, 0.05) is 29.7 Å². The molecule has 0 spiro atoms. The van der Waals surface area contributed by atoms with Crippen LogP contribution in [0.25, 0.3) is 0 Å². The molecule has 3 rings (SSSR count). The van der Waals surface area contributed by atoms with Gasteiger partial charge in [-0.15, -0.1) is 0 Å². The summed E-state index contributed by atoms with van der Waals surface area (Å²) in [6, 6.07) is 0. The molecule has 0 fully saturated rings. The molecule has 1 aromatic rings. The third-order valence-electron chi connectivity index (χ3n) is 3.64. The summed E-state index contributed by atoms with van der Waals surface area (Å²) in [6.07, 6.45) is 3.51. The highest BCUT2D eigenvalue weighted by molar-refractivity contribution is 6.04. The topological polar surface area (TPSA) is 39.2 Å². The van der Waals surface area contributed by atoms with Crippen LogP contribution in [0, 0.1) is 11.8 Å². The smallest absolute Gasteiger partial charge is 0.217 e. The fourth-order valence-electron chi connectivity index (χ4n) is 2.70. The number of fused-ring (bicyclic) bond motifs is 3. The summed E-state index contributed by atoms with van der Waals surface area (Å²) in [5.74, 6) is 1.52. The first kappa shape index (κ1) is 9.82. The number of ether oxygens (including phenoxy) is 1. The van der Waals surface area contributed by atoms with Crippen LogP contribution in [-0.2, 0) is 12.8 Å². The molecule has 16 heavy (non-hydrogen) atoms. The van der Waals surface area contributed by atoms with Crippen LogP contribution in [0.1, 0.15) is 35.3 Å². The Morgan fingerprint density at radius 3 is 3.06 bits per heavy atom. The average molecular weight is 217 g/mol. The molecule has 3 nitrogen and oxygen atoms in total. The van der Waals surface area contributed by atoms with E-state index < -0.39 is 0 Å². The van der Waals surface area contributed by atoms with Crippen molar-refractivity contribution >= 4 is 5.78 Å². The van der Waals surface area contributed by atoms with E-state index >= 15 is 0 Å². The predicted octanol–water partition coefficient (Wildman–Crippen LogP) is 2.03. The summed E-state index contributed by atoms with van der Waals surface area (Å²) >= 11 is 0. The van der Waals surface area contributed by atoms with Crippen molar-refractivity contribution in [3.8, 4) is 5.88 Å². The molecule has 1 unspecified atom stereocenters. The molecule has 3 heteroatoms. The number of Topliss-reactive ketones (excluding diaryl/α,β-unsaturated/α-hetero) is 1. The molecule has 2 heterocycles. The third-order valence-corrected chi connectivity index (χ3v) is 3.64. The van der Waals surface area contributed by atoms with Crippen molar-refractivity contribution in [2.75, 3.05) is 6.61 Å². The summed E-state index contributed by atoms with van der Waals surface area (Å²) in [7, 11) is 0. The van der Waals surface area contributed by atoms with Gasteiger partial charge in [-0.3, -0.25) is 4.79 Å². The molecule has 0 saturated heterocycles. The number of rotatable bonds is 1. The molecule has 0 radical (unpaired) electrons. The van der Waals surface area contributed by atoms with E-state index in [1.165, 1.54) is 0 Å². The van der Waals surface area contributed by atoms with Crippen molar-refractivity contribution in [1.29, 1.82) is 0 Å². The minimum atomic E-state index is 0.143. The predicted molar refractivity (Wildman–Crippen MR) is 59.8 cm³/mol. The molecule has 0 amide bonds. The largest absolute Gasteiger partial charge is 0.477 e. The molecule has 0 aromatic carbocycles. The SMILES string of the molecule is CC(C)C1Cc2cnc3c(c2C1=O)CCO3. The zero-order chi connectivity index (χ0) is 11.3. The number of carbonyl (C=O) groups excluding carboxylic acids is 1. The van der Waals surface area contributed by atoms with E-state index in [9.17, 15) is 4.79 Å². The van der Waals surface area contributed by atoms with Crippen LogP contribution in [0.3, 0.4) is 0 Å². The zero-order valence-corrected chi connectivity index (χ0v) is 9.62. The molecule has 1 aliphatic heterocycles. The molecule has 84 valence electrons. The second kappa shape index (κ2) is 3.30. The first-order valence-electron chi connectivity index (χ1n) is 5.86. The van der Waals surface area contributed by atoms with Gasteiger partial charge < -0.3 is 4.74 Å². The van der Waals surface area contributed by atoms with E-state index in [-0.39, 0.29) is 5.92 Å². The average Bonchev–Trinajstić information content (AvgIpc) is 2.81. The summed E-state index contributed by atoms with van der Waals surface area (Å²) in [4.78, 5) is 16.6. The Balaban J connectivity index is 2.11. The zero-order valence-electron chi connectivity index (χ0n) is 9.62. The Morgan fingerprint density at radius 1 is 1.50 bits per heavy atom. The first-order valence-corrected chi connectivity index (χ1v) is 5.86. The van der Waals surface area contributed by atoms with Crippen molar-refractivity contribution in [3.05, 3.63) is 22.9 Å². The highest BCUT2D eigenvalue weighted by atomic mass is 16.5. The molecule has 0 bridgehead atoms. The van der Waals surface area contributed by atoms with Crippen molar-refractivity contribution in [2.24, 2.45) is 11.8 Å². The standard InChI is InChI=1S/C13H15NO2/c1-7(2)10-5-8-6-14-13-9(3-4-16-13)11(8)12(10)15/h6-7,10H,3-5H2,1-2H3. The summed E-state index contributed by atoms with van der Waals surface area (Å²) in [6.45, 7) is 4.88. The van der Waals surface area contributed by atoms with E-state index in [1.807, 2.05) is 6.20 Å². The number of pyridine rings is 1. The van der Waals surface area contributed by atoms with E-state index in [4.69, 9.17) is 4.74 Å². The van der Waals surface area contributed by atoms with Crippen molar-refractivity contribution in [3.63, 3.8) is 0 Å². The molecular formula is C13H15NO2. The second-order valence-corrected chi connectivity index (χ2v) is 4.96. The fourth-order valence-corrected chi connectivity index (χ4v) is 2.70. The van der Waals surface area contributed by atoms with Gasteiger partial charge in [-0.1, -0.05) is 13.8 Å². The Labute approximate surface area is 94.8 Å². The fraction of sp³-hybridized carbons (Fsp3) is 0.538. The lowest BCUT2D eigenvalue weighted by atomic mass is 9.91. The quantitative estimate of drug-likeness (QED) is 0.722. The third kappa shape index (κ3) is 1.20. The molecule has 0 N–H and O–H groups in total. The Bertz CT molecular complexity index is 465. The summed E-state index contributed by atoms with van der Waals surface area (Å²) in [5, 5.41) is 0. The number of carbonyl (C=O) groups is 1. The van der Waals surface area contributed by atoms with Crippen LogP contribution in [0.5, 0.6) is 5.88 Å². The van der Waals surface area contributed by atoms with Gasteiger partial charge in [0.1, 0.15) is 0 Å². The lowest BCUT2D eigenvalue weighted by molar-refractivity contribution is 0.0905. The summed E-state index contributed by atoms with van der Waals surface area (Å²) < 4.78 is 5.40. The first-order chi connectivity index (χ1) is 7.68. The Hall–Kier alpha value is -1.38. The minimum absolute atomic E-state index is 0.143. The van der Waals surface area contributed by atoms with Gasteiger partial charge in [-0.25, -0.2) is 4.98 Å². The minimum Gasteiger partial charge on any atom is -0.477 e. The molecule has 1 aliphatic carbocycles. The second-order valence-electron chi connectivity index (χ2n) is 4.96. The van der Waals surface area contributed by atoms with Crippen LogP contribution in [0.4, 0.5) is 0 Å². The lowest BCUT2D eigenvalue weighted by Gasteiger charge is -2.11. The van der Waals surface area contributed by atoms with Gasteiger partial charge in [0.15, 0.2) is 5.78 Å². The van der Waals surface area contributed by atoms with Crippen molar-refractivity contribution < 1.29 is 9.53 Å². The molecule has 1 atom stereocenters. The van der Waals surface area contributed by atoms with Gasteiger partial charge in [-0.2, -0.15) is 0 Å². The van der Waals surface area contributed by atoms with E-state index in [0.29, 0.717) is 24.2 Å². The van der Waals surface area contributed by atoms with Crippen LogP contribution in [-0.4, -0.2) is 17.4 Å². The number of aromatic nitrogens is 1. The number of nitrogens with zero attached hydrogens (tertiary/aromatic N) is 1. The van der Waals surface area contributed by atoms with Gasteiger partial charge in [0.05, 0.1) is 6.61 Å². The van der Waals surface area contributed by atoms with Gasteiger partial charge in [-0.05, 0) is 17.9 Å². The highest BCUT2D eigenvalue weighted by Gasteiger charge is 2.37. The summed E-state index contributed by atoms with van der Waals surface area (Å²) in [5.41, 5.74) is 3.08. The van der Waals surface area contributed by atoms with Gasteiger partial charge >= 0.3 is 0 Å². The normalized spacial score (nSPS) is 22.2. The molecular weight excluding hydrogens is 202 g/mol. The molecule has 1 aromatic heterocycles. The van der Waals surface area contributed by atoms with E-state index in [0.717, 1.165) is 29.5 Å². The van der Waals surface area contributed by atoms with E-state index in [2.05, 4.69) is 18.8 Å². The van der Waals surface area contributed by atoms with Gasteiger partial charge in [0.2, 0.25) is 5.88 Å². The van der Waals surface area contributed by atoms with Crippen LogP contribution in [0.2, 0.25) is 0 Å². The number of hydrogen-bond acceptors (Lipinski definition) is 3. The number of hydrogen-bond donors (Lipinski definition) is 0. The monoisotopic (exact) mass is 217 g/mol. The van der Waals surface area contributed by atoms with Gasteiger partial charge in [0.25, 0.3) is 0 Å². The van der Waals surface area contributed by atoms with Crippen LogP contribution >= 0.6 is 0 Å². The van der Waals surface area contributed by atoms with Crippen molar-refractivity contribution in [2.45, 2.75) is 26.7 Å². The Morgan fingerprint density at radius 2 is 2.31 bits per heavy atom. The molecule has 0 saturated carbocycles. The maximum Gasteiger partial charge on any atom is 0.217 e. The van der Waals surface area contributed by atoms with Crippen molar-refractivity contribution in [1.82, 2.24) is 4.98 Å². The maximum absolute atomic E-state index is 12.3. The van der Waals surface area contributed by atoms with Crippen LogP contribution < -0.4 is 4.74 Å². The molecule has 2 aliphatic rings. The van der Waals surface area contributed by atoms with Crippen LogP contribution in [0.15, 0.2) is 6.20 Å².